The van der Waals surface area contributed by atoms with Crippen molar-refractivity contribution in [1.29, 1.82) is 0 Å². The van der Waals surface area contributed by atoms with E-state index in [1.807, 2.05) is 45.0 Å². The Balaban J connectivity index is 2.70. The molecule has 1 rings (SSSR count). The van der Waals surface area contributed by atoms with Crippen LogP contribution in [0.15, 0.2) is 29.2 Å². The molecule has 1 aromatic carbocycles. The second-order valence-corrected chi connectivity index (χ2v) is 4.85. The summed E-state index contributed by atoms with van der Waals surface area (Å²) in [6.45, 7) is 6.08. The molecule has 0 atom stereocenters. The molecule has 1 aromatic rings. The fourth-order valence-corrected chi connectivity index (χ4v) is 1.46. The van der Waals surface area contributed by atoms with Gasteiger partial charge in [0.2, 0.25) is 0 Å². The Bertz CT molecular complexity index is 263. The molecule has 13 heavy (non-hydrogen) atoms. The molecule has 0 radical (unpaired) electrons. The highest BCUT2D eigenvalue weighted by Gasteiger charge is 2.10. The Morgan fingerprint density at radius 3 is 2.08 bits per heavy atom. The third-order valence-corrected chi connectivity index (χ3v) is 2.32. The molecule has 3 heteroatoms. The van der Waals surface area contributed by atoms with Crippen LogP contribution >= 0.6 is 21.7 Å². The molecule has 0 spiro atoms. The molecule has 0 saturated heterocycles. The van der Waals surface area contributed by atoms with Gasteiger partial charge in [-0.25, -0.2) is 0 Å². The molecular weight excluding hydrogens is 204 g/mol. The van der Waals surface area contributed by atoms with Gasteiger partial charge in [-0.15, -0.1) is 0 Å². The second-order valence-electron chi connectivity index (χ2n) is 3.76. The highest BCUT2D eigenvalue weighted by atomic mass is 35.7. The molecular formula is C10H13ClOS. The van der Waals surface area contributed by atoms with Gasteiger partial charge in [0.25, 0.3) is 0 Å². The van der Waals surface area contributed by atoms with Gasteiger partial charge in [0.1, 0.15) is 11.4 Å². The van der Waals surface area contributed by atoms with Crippen LogP contribution in [-0.4, -0.2) is 5.60 Å². The summed E-state index contributed by atoms with van der Waals surface area (Å²) < 4.78 is 5.65. The Morgan fingerprint density at radius 1 is 1.15 bits per heavy atom. The molecule has 0 saturated carbocycles. The summed E-state index contributed by atoms with van der Waals surface area (Å²) >= 11 is 0. The monoisotopic (exact) mass is 216 g/mol. The summed E-state index contributed by atoms with van der Waals surface area (Å²) in [7, 11) is 6.80. The maximum absolute atomic E-state index is 5.65. The Morgan fingerprint density at radius 2 is 1.69 bits per heavy atom. The Hall–Kier alpha value is -0.340. The molecule has 0 N–H and O–H groups in total. The molecule has 0 heterocycles. The van der Waals surface area contributed by atoms with Gasteiger partial charge in [-0.1, -0.05) is 0 Å². The van der Waals surface area contributed by atoms with Crippen molar-refractivity contribution < 1.29 is 4.74 Å². The van der Waals surface area contributed by atoms with Crippen LogP contribution in [0.1, 0.15) is 20.8 Å². The maximum atomic E-state index is 5.65. The van der Waals surface area contributed by atoms with Crippen LogP contribution in [-0.2, 0) is 0 Å². The first-order valence-corrected chi connectivity index (χ1v) is 5.73. The fourth-order valence-electron chi connectivity index (χ4n) is 0.913. The van der Waals surface area contributed by atoms with Crippen molar-refractivity contribution in [3.05, 3.63) is 24.3 Å². The van der Waals surface area contributed by atoms with Gasteiger partial charge in [-0.05, 0) is 66.7 Å². The van der Waals surface area contributed by atoms with Crippen LogP contribution < -0.4 is 4.74 Å². The average molecular weight is 217 g/mol. The van der Waals surface area contributed by atoms with Crippen molar-refractivity contribution in [3.63, 3.8) is 0 Å². The second kappa shape index (κ2) is 4.25. The van der Waals surface area contributed by atoms with E-state index in [-0.39, 0.29) is 5.60 Å². The predicted octanol–water partition coefficient (Wildman–Crippen LogP) is 4.11. The molecule has 0 fully saturated rings. The standard InChI is InChI=1S/C10H13ClOS/c1-10(2,3)12-8-4-6-9(13-11)7-5-8/h4-7H,1-3H3. The van der Waals surface area contributed by atoms with Crippen molar-refractivity contribution in [2.24, 2.45) is 0 Å². The number of benzene rings is 1. The van der Waals surface area contributed by atoms with Crippen molar-refractivity contribution in [3.8, 4) is 5.75 Å². The van der Waals surface area contributed by atoms with E-state index in [1.54, 1.807) is 0 Å². The van der Waals surface area contributed by atoms with Crippen LogP contribution in [0.3, 0.4) is 0 Å². The lowest BCUT2D eigenvalue weighted by Gasteiger charge is -2.21. The van der Waals surface area contributed by atoms with E-state index in [0.29, 0.717) is 0 Å². The smallest absolute Gasteiger partial charge is 0.120 e. The summed E-state index contributed by atoms with van der Waals surface area (Å²) in [6.07, 6.45) is 0. The van der Waals surface area contributed by atoms with Gasteiger partial charge in [-0.2, -0.15) is 0 Å². The summed E-state index contributed by atoms with van der Waals surface area (Å²) in [6, 6.07) is 7.74. The number of halogens is 1. The molecule has 0 aliphatic rings. The zero-order valence-corrected chi connectivity index (χ0v) is 9.58. The van der Waals surface area contributed by atoms with Gasteiger partial charge in [0, 0.05) is 4.90 Å². The normalized spacial score (nSPS) is 11.4. The van der Waals surface area contributed by atoms with E-state index in [4.69, 9.17) is 15.4 Å². The van der Waals surface area contributed by atoms with Gasteiger partial charge >= 0.3 is 0 Å². The lowest BCUT2D eigenvalue weighted by atomic mass is 10.2. The van der Waals surface area contributed by atoms with Crippen LogP contribution in [0, 0.1) is 0 Å². The highest BCUT2D eigenvalue weighted by molar-refractivity contribution is 8.21. The highest BCUT2D eigenvalue weighted by Crippen LogP contribution is 2.25. The van der Waals surface area contributed by atoms with E-state index in [0.717, 1.165) is 10.6 Å². The quantitative estimate of drug-likeness (QED) is 0.736. The lowest BCUT2D eigenvalue weighted by Crippen LogP contribution is -2.22. The zero-order valence-electron chi connectivity index (χ0n) is 8.00. The Kier molecular flexibility index (Phi) is 3.51. The van der Waals surface area contributed by atoms with Crippen LogP contribution in [0.5, 0.6) is 5.75 Å². The summed E-state index contributed by atoms with van der Waals surface area (Å²) in [5, 5.41) is 0. The number of hydrogen-bond donors (Lipinski definition) is 0. The van der Waals surface area contributed by atoms with Crippen LogP contribution in [0.4, 0.5) is 0 Å². The van der Waals surface area contributed by atoms with Crippen molar-refractivity contribution in [2.45, 2.75) is 31.3 Å². The Labute approximate surface area is 87.9 Å². The first-order chi connectivity index (χ1) is 6.01. The summed E-state index contributed by atoms with van der Waals surface area (Å²) in [5.41, 5.74) is -0.143. The van der Waals surface area contributed by atoms with E-state index in [9.17, 15) is 0 Å². The third kappa shape index (κ3) is 3.92. The predicted molar refractivity (Wildman–Crippen MR) is 58.5 cm³/mol. The minimum absolute atomic E-state index is 0.143. The van der Waals surface area contributed by atoms with Crippen molar-refractivity contribution >= 4 is 21.7 Å². The van der Waals surface area contributed by atoms with Crippen LogP contribution in [0.2, 0.25) is 0 Å². The molecule has 0 bridgehead atoms. The van der Waals surface area contributed by atoms with Crippen LogP contribution in [0.25, 0.3) is 0 Å². The zero-order chi connectivity index (χ0) is 9.90. The fraction of sp³-hybridized carbons (Fsp3) is 0.400. The summed E-state index contributed by atoms with van der Waals surface area (Å²) in [5.74, 6) is 0.877. The summed E-state index contributed by atoms with van der Waals surface area (Å²) in [4.78, 5) is 1.03. The first kappa shape index (κ1) is 10.7. The minimum Gasteiger partial charge on any atom is -0.488 e. The molecule has 0 aliphatic carbocycles. The SMILES string of the molecule is CC(C)(C)Oc1ccc(SCl)cc1. The average Bonchev–Trinajstić information content (AvgIpc) is 2.03. The molecule has 72 valence electrons. The van der Waals surface area contributed by atoms with E-state index in [2.05, 4.69) is 0 Å². The maximum Gasteiger partial charge on any atom is 0.120 e. The lowest BCUT2D eigenvalue weighted by molar-refractivity contribution is 0.131. The van der Waals surface area contributed by atoms with Gasteiger partial charge < -0.3 is 4.74 Å². The van der Waals surface area contributed by atoms with E-state index < -0.39 is 0 Å². The largest absolute Gasteiger partial charge is 0.488 e. The molecule has 1 nitrogen and oxygen atoms in total. The number of hydrogen-bond acceptors (Lipinski definition) is 2. The topological polar surface area (TPSA) is 9.23 Å². The molecule has 0 aromatic heterocycles. The minimum atomic E-state index is -0.143. The molecule has 0 aliphatic heterocycles. The van der Waals surface area contributed by atoms with Gasteiger partial charge in [-0.3, -0.25) is 0 Å². The molecule has 0 amide bonds. The van der Waals surface area contributed by atoms with E-state index in [1.165, 1.54) is 11.0 Å². The molecule has 0 unspecified atom stereocenters. The van der Waals surface area contributed by atoms with Gasteiger partial charge in [0.15, 0.2) is 0 Å². The first-order valence-electron chi connectivity index (χ1n) is 4.09. The number of rotatable bonds is 2. The third-order valence-electron chi connectivity index (χ3n) is 1.34. The van der Waals surface area contributed by atoms with Crippen molar-refractivity contribution in [1.82, 2.24) is 0 Å². The number of ether oxygens (including phenoxy) is 1. The van der Waals surface area contributed by atoms with Gasteiger partial charge in [0.05, 0.1) is 0 Å². The van der Waals surface area contributed by atoms with Crippen molar-refractivity contribution in [2.75, 3.05) is 0 Å². The van der Waals surface area contributed by atoms with E-state index >= 15 is 0 Å².